The molecule has 0 aliphatic carbocycles. The Morgan fingerprint density at radius 2 is 1.93 bits per heavy atom. The van der Waals surface area contributed by atoms with Crippen LogP contribution in [-0.4, -0.2) is 37.9 Å². The maximum absolute atomic E-state index is 11.5. The molecule has 1 amide bonds. The van der Waals surface area contributed by atoms with Gasteiger partial charge in [-0.2, -0.15) is 0 Å². The zero-order chi connectivity index (χ0) is 19.8. The third-order valence-electron chi connectivity index (χ3n) is 4.01. The van der Waals surface area contributed by atoms with E-state index < -0.39 is 6.09 Å². The monoisotopic (exact) mass is 372 g/mol. The third-order valence-corrected chi connectivity index (χ3v) is 4.01. The van der Waals surface area contributed by atoms with Crippen molar-refractivity contribution in [3.05, 3.63) is 59.2 Å². The summed E-state index contributed by atoms with van der Waals surface area (Å²) in [6, 6.07) is 12.8. The van der Waals surface area contributed by atoms with Crippen LogP contribution in [0.3, 0.4) is 0 Å². The van der Waals surface area contributed by atoms with Crippen molar-refractivity contribution in [3.8, 4) is 5.75 Å². The fourth-order valence-electron chi connectivity index (χ4n) is 2.61. The zero-order valence-electron chi connectivity index (χ0n) is 15.9. The van der Waals surface area contributed by atoms with E-state index in [4.69, 9.17) is 14.3 Å². The summed E-state index contributed by atoms with van der Waals surface area (Å²) in [4.78, 5) is 18.1. The smallest absolute Gasteiger partial charge is 0.413 e. The van der Waals surface area contributed by atoms with Crippen molar-refractivity contribution in [2.24, 2.45) is 5.16 Å². The van der Waals surface area contributed by atoms with E-state index in [1.165, 1.54) is 7.11 Å². The van der Waals surface area contributed by atoms with Gasteiger partial charge >= 0.3 is 6.09 Å². The molecule has 0 unspecified atom stereocenters. The van der Waals surface area contributed by atoms with E-state index in [9.17, 15) is 9.90 Å². The van der Waals surface area contributed by atoms with Crippen LogP contribution < -0.4 is 9.64 Å². The van der Waals surface area contributed by atoms with Crippen LogP contribution in [0.25, 0.3) is 0 Å². The standard InChI is InChI=1S/C20H24N2O5/c1-14-11-16(9-10-19(14)26-4)15(2)21-27-12-17-7-5-6-8-18(17)22(13-25-3)20(23)24/h5-11H,12-13H2,1-4H3,(H,23,24)/b21-15-. The van der Waals surface area contributed by atoms with Gasteiger partial charge in [0.15, 0.2) is 0 Å². The SMILES string of the molecule is COCN(C(=O)O)c1ccccc1CO/N=C(/C)c1ccc(OC)c(C)c1. The molecule has 0 atom stereocenters. The molecule has 27 heavy (non-hydrogen) atoms. The minimum atomic E-state index is -1.10. The van der Waals surface area contributed by atoms with Gasteiger partial charge < -0.3 is 19.4 Å². The van der Waals surface area contributed by atoms with Crippen LogP contribution in [0, 0.1) is 6.92 Å². The van der Waals surface area contributed by atoms with Gasteiger partial charge in [0.25, 0.3) is 0 Å². The van der Waals surface area contributed by atoms with E-state index in [1.807, 2.05) is 38.1 Å². The highest BCUT2D eigenvalue weighted by molar-refractivity contribution is 5.98. The highest BCUT2D eigenvalue weighted by Gasteiger charge is 2.17. The summed E-state index contributed by atoms with van der Waals surface area (Å²) in [5.41, 5.74) is 3.84. The molecule has 0 spiro atoms. The Hall–Kier alpha value is -3.06. The minimum Gasteiger partial charge on any atom is -0.496 e. The Balaban J connectivity index is 2.13. The molecule has 0 heterocycles. The number of nitrogens with zero attached hydrogens (tertiary/aromatic N) is 2. The topological polar surface area (TPSA) is 80.6 Å². The molecule has 0 bridgehead atoms. The Morgan fingerprint density at radius 3 is 2.56 bits per heavy atom. The van der Waals surface area contributed by atoms with Crippen LogP contribution >= 0.6 is 0 Å². The predicted molar refractivity (Wildman–Crippen MR) is 104 cm³/mol. The van der Waals surface area contributed by atoms with Crippen molar-refractivity contribution in [2.45, 2.75) is 20.5 Å². The first-order valence-corrected chi connectivity index (χ1v) is 8.36. The van der Waals surface area contributed by atoms with Crippen LogP contribution in [0.15, 0.2) is 47.6 Å². The van der Waals surface area contributed by atoms with E-state index >= 15 is 0 Å². The quantitative estimate of drug-likeness (QED) is 0.430. The molecule has 0 saturated heterocycles. The van der Waals surface area contributed by atoms with E-state index in [-0.39, 0.29) is 13.3 Å². The second-order valence-electron chi connectivity index (χ2n) is 5.89. The van der Waals surface area contributed by atoms with E-state index in [2.05, 4.69) is 5.16 Å². The average molecular weight is 372 g/mol. The summed E-state index contributed by atoms with van der Waals surface area (Å²) in [5, 5.41) is 13.5. The van der Waals surface area contributed by atoms with Crippen molar-refractivity contribution in [1.82, 2.24) is 0 Å². The van der Waals surface area contributed by atoms with Crippen LogP contribution in [-0.2, 0) is 16.2 Å². The van der Waals surface area contributed by atoms with Gasteiger partial charge in [-0.1, -0.05) is 23.4 Å². The Labute approximate surface area is 158 Å². The maximum Gasteiger partial charge on any atom is 0.413 e. The average Bonchev–Trinajstić information content (AvgIpc) is 2.66. The van der Waals surface area contributed by atoms with Gasteiger partial charge in [0.1, 0.15) is 19.1 Å². The van der Waals surface area contributed by atoms with Crippen molar-refractivity contribution in [1.29, 1.82) is 0 Å². The molecule has 0 fully saturated rings. The number of oxime groups is 1. The molecule has 2 aromatic rings. The molecule has 7 heteroatoms. The van der Waals surface area contributed by atoms with Gasteiger partial charge in [-0.3, -0.25) is 4.90 Å². The molecule has 0 radical (unpaired) electrons. The summed E-state index contributed by atoms with van der Waals surface area (Å²) in [7, 11) is 3.08. The zero-order valence-corrected chi connectivity index (χ0v) is 15.9. The minimum absolute atomic E-state index is 0.0697. The normalized spacial score (nSPS) is 11.2. The lowest BCUT2D eigenvalue weighted by Gasteiger charge is -2.20. The highest BCUT2D eigenvalue weighted by atomic mass is 16.6. The van der Waals surface area contributed by atoms with Crippen molar-refractivity contribution >= 4 is 17.5 Å². The molecule has 144 valence electrons. The summed E-state index contributed by atoms with van der Waals surface area (Å²) >= 11 is 0. The number of rotatable bonds is 8. The maximum atomic E-state index is 11.5. The predicted octanol–water partition coefficient (Wildman–Crippen LogP) is 4.03. The fourth-order valence-corrected chi connectivity index (χ4v) is 2.61. The number of ether oxygens (including phenoxy) is 2. The number of aryl methyl sites for hydroxylation is 1. The summed E-state index contributed by atoms with van der Waals surface area (Å²) < 4.78 is 10.2. The van der Waals surface area contributed by atoms with E-state index in [1.54, 1.807) is 25.3 Å². The number of amides is 1. The molecule has 2 rings (SSSR count). The number of carboxylic acid groups (broad SMARTS) is 1. The molecule has 1 N–H and O–H groups in total. The molecule has 2 aromatic carbocycles. The molecular formula is C20H24N2O5. The molecule has 7 nitrogen and oxygen atoms in total. The Morgan fingerprint density at radius 1 is 1.19 bits per heavy atom. The lowest BCUT2D eigenvalue weighted by Crippen LogP contribution is -2.32. The first-order chi connectivity index (χ1) is 13.0. The van der Waals surface area contributed by atoms with Crippen LogP contribution in [0.4, 0.5) is 10.5 Å². The summed E-state index contributed by atoms with van der Waals surface area (Å²) in [6.07, 6.45) is -1.10. The molecule has 0 aromatic heterocycles. The van der Waals surface area contributed by atoms with Gasteiger partial charge in [0, 0.05) is 12.7 Å². The van der Waals surface area contributed by atoms with Gasteiger partial charge in [0.05, 0.1) is 18.5 Å². The van der Waals surface area contributed by atoms with E-state index in [0.29, 0.717) is 17.0 Å². The molecule has 0 saturated carbocycles. The second kappa shape index (κ2) is 9.59. The Bertz CT molecular complexity index is 820. The van der Waals surface area contributed by atoms with Gasteiger partial charge in [-0.05, 0) is 49.2 Å². The van der Waals surface area contributed by atoms with Crippen molar-refractivity contribution in [3.63, 3.8) is 0 Å². The van der Waals surface area contributed by atoms with Crippen LogP contribution in [0.1, 0.15) is 23.6 Å². The number of hydrogen-bond donors (Lipinski definition) is 1. The summed E-state index contributed by atoms with van der Waals surface area (Å²) in [6.45, 7) is 3.88. The number of anilines is 1. The Kier molecular flexibility index (Phi) is 7.19. The first kappa shape index (κ1) is 20.3. The lowest BCUT2D eigenvalue weighted by molar-refractivity contribution is 0.130. The number of benzene rings is 2. The second-order valence-corrected chi connectivity index (χ2v) is 5.89. The number of carbonyl (C=O) groups is 1. The van der Waals surface area contributed by atoms with Gasteiger partial charge in [-0.15, -0.1) is 0 Å². The molecule has 0 aliphatic heterocycles. The highest BCUT2D eigenvalue weighted by Crippen LogP contribution is 2.22. The summed E-state index contributed by atoms with van der Waals surface area (Å²) in [5.74, 6) is 0.813. The van der Waals surface area contributed by atoms with Crippen molar-refractivity contribution in [2.75, 3.05) is 25.9 Å². The van der Waals surface area contributed by atoms with Crippen LogP contribution in [0.2, 0.25) is 0 Å². The van der Waals surface area contributed by atoms with E-state index in [0.717, 1.165) is 21.8 Å². The van der Waals surface area contributed by atoms with Crippen LogP contribution in [0.5, 0.6) is 5.75 Å². The third kappa shape index (κ3) is 5.21. The number of para-hydroxylation sites is 1. The molecular weight excluding hydrogens is 348 g/mol. The largest absolute Gasteiger partial charge is 0.496 e. The number of methoxy groups -OCH3 is 2. The van der Waals surface area contributed by atoms with Crippen molar-refractivity contribution < 1.29 is 24.2 Å². The first-order valence-electron chi connectivity index (χ1n) is 8.36. The lowest BCUT2D eigenvalue weighted by atomic mass is 10.1. The number of hydrogen-bond acceptors (Lipinski definition) is 5. The van der Waals surface area contributed by atoms with Gasteiger partial charge in [-0.25, -0.2) is 4.79 Å². The molecule has 0 aliphatic rings. The fraction of sp³-hybridized carbons (Fsp3) is 0.300. The van der Waals surface area contributed by atoms with Gasteiger partial charge in [0.2, 0.25) is 0 Å².